The van der Waals surface area contributed by atoms with Crippen molar-refractivity contribution in [3.8, 4) is 0 Å². The fourth-order valence-corrected chi connectivity index (χ4v) is 4.23. The van der Waals surface area contributed by atoms with Crippen molar-refractivity contribution in [3.05, 3.63) is 72.0 Å². The predicted octanol–water partition coefficient (Wildman–Crippen LogP) is 4.19. The molecule has 4 rings (SSSR count). The maximum Gasteiger partial charge on any atom is 0.234 e. The molecule has 1 amide bonds. The molecule has 0 radical (unpaired) electrons. The molecule has 8 heteroatoms. The number of benzene rings is 2. The number of nitrogens with zero attached hydrogens (tertiary/aromatic N) is 4. The first-order chi connectivity index (χ1) is 14.7. The zero-order valence-electron chi connectivity index (χ0n) is 16.4. The third-order valence-electron chi connectivity index (χ3n) is 4.82. The molecule has 154 valence electrons. The van der Waals surface area contributed by atoms with Crippen LogP contribution in [0.3, 0.4) is 0 Å². The van der Waals surface area contributed by atoms with Crippen LogP contribution in [0.2, 0.25) is 5.02 Å². The van der Waals surface area contributed by atoms with Crippen LogP contribution in [0.25, 0.3) is 0 Å². The van der Waals surface area contributed by atoms with Gasteiger partial charge in [-0.05, 0) is 36.4 Å². The highest BCUT2D eigenvalue weighted by molar-refractivity contribution is 8.00. The maximum atomic E-state index is 12.3. The first-order valence-corrected chi connectivity index (χ1v) is 11.1. The van der Waals surface area contributed by atoms with Crippen LogP contribution in [0.1, 0.15) is 0 Å². The Hall–Kier alpha value is -2.77. The SMILES string of the molecule is O=C(CSc1nccnc1N1CCN(c2ccccc2)CC1)Nc1ccc(Cl)cc1. The van der Waals surface area contributed by atoms with E-state index < -0.39 is 0 Å². The van der Waals surface area contributed by atoms with E-state index in [9.17, 15) is 4.79 Å². The van der Waals surface area contributed by atoms with E-state index >= 15 is 0 Å². The van der Waals surface area contributed by atoms with Gasteiger partial charge in [-0.1, -0.05) is 41.6 Å². The molecule has 6 nitrogen and oxygen atoms in total. The first-order valence-electron chi connectivity index (χ1n) is 9.73. The second-order valence-corrected chi connectivity index (χ2v) is 8.24. The fourth-order valence-electron chi connectivity index (χ4n) is 3.32. The summed E-state index contributed by atoms with van der Waals surface area (Å²) in [6, 6.07) is 17.5. The summed E-state index contributed by atoms with van der Waals surface area (Å²) in [4.78, 5) is 26.0. The normalized spacial score (nSPS) is 13.9. The summed E-state index contributed by atoms with van der Waals surface area (Å²) in [5.74, 6) is 1.01. The van der Waals surface area contributed by atoms with Gasteiger partial charge in [-0.25, -0.2) is 9.97 Å². The molecule has 1 fully saturated rings. The third kappa shape index (κ3) is 5.23. The summed E-state index contributed by atoms with van der Waals surface area (Å²) in [7, 11) is 0. The highest BCUT2D eigenvalue weighted by Gasteiger charge is 2.21. The van der Waals surface area contributed by atoms with Crippen LogP contribution in [0, 0.1) is 0 Å². The molecule has 0 aliphatic carbocycles. The number of halogens is 1. The lowest BCUT2D eigenvalue weighted by Gasteiger charge is -2.37. The van der Waals surface area contributed by atoms with Crippen molar-refractivity contribution in [2.75, 3.05) is 47.0 Å². The van der Waals surface area contributed by atoms with E-state index in [4.69, 9.17) is 11.6 Å². The van der Waals surface area contributed by atoms with Crippen molar-refractivity contribution in [1.29, 1.82) is 0 Å². The largest absolute Gasteiger partial charge is 0.368 e. The van der Waals surface area contributed by atoms with Crippen molar-refractivity contribution >= 4 is 46.5 Å². The first kappa shape index (κ1) is 20.5. The Morgan fingerprint density at radius 3 is 2.33 bits per heavy atom. The number of anilines is 3. The van der Waals surface area contributed by atoms with Gasteiger partial charge >= 0.3 is 0 Å². The van der Waals surface area contributed by atoms with Crippen LogP contribution in [0.5, 0.6) is 0 Å². The lowest BCUT2D eigenvalue weighted by atomic mass is 10.2. The van der Waals surface area contributed by atoms with Gasteiger partial charge in [0, 0.05) is 55.0 Å². The third-order valence-corrected chi connectivity index (χ3v) is 6.03. The maximum absolute atomic E-state index is 12.3. The molecule has 1 aliphatic heterocycles. The number of hydrogen-bond donors (Lipinski definition) is 1. The second kappa shape index (κ2) is 9.82. The lowest BCUT2D eigenvalue weighted by Crippen LogP contribution is -2.47. The van der Waals surface area contributed by atoms with Gasteiger partial charge in [0.25, 0.3) is 0 Å². The second-order valence-electron chi connectivity index (χ2n) is 6.84. The molecular formula is C22H22ClN5OS. The average molecular weight is 440 g/mol. The Morgan fingerprint density at radius 2 is 1.60 bits per heavy atom. The van der Waals surface area contributed by atoms with E-state index in [1.54, 1.807) is 36.7 Å². The van der Waals surface area contributed by atoms with E-state index in [0.29, 0.717) is 5.02 Å². The zero-order chi connectivity index (χ0) is 20.8. The number of amides is 1. The molecule has 1 saturated heterocycles. The van der Waals surface area contributed by atoms with Crippen molar-refractivity contribution in [2.24, 2.45) is 0 Å². The highest BCUT2D eigenvalue weighted by atomic mass is 35.5. The molecule has 0 unspecified atom stereocenters. The summed E-state index contributed by atoms with van der Waals surface area (Å²) in [6.45, 7) is 3.56. The Kier molecular flexibility index (Phi) is 6.71. The van der Waals surface area contributed by atoms with Gasteiger partial charge in [-0.15, -0.1) is 0 Å². The van der Waals surface area contributed by atoms with Crippen molar-refractivity contribution in [1.82, 2.24) is 9.97 Å². The minimum atomic E-state index is -0.0900. The molecular weight excluding hydrogens is 418 g/mol. The number of hydrogen-bond acceptors (Lipinski definition) is 6. The van der Waals surface area contributed by atoms with Crippen molar-refractivity contribution in [3.63, 3.8) is 0 Å². The molecule has 1 aliphatic rings. The summed E-state index contributed by atoms with van der Waals surface area (Å²) in [5.41, 5.74) is 1.96. The number of carbonyl (C=O) groups is 1. The average Bonchev–Trinajstić information content (AvgIpc) is 2.80. The number of rotatable bonds is 6. The zero-order valence-corrected chi connectivity index (χ0v) is 17.9. The summed E-state index contributed by atoms with van der Waals surface area (Å²) in [5, 5.41) is 4.29. The standard InChI is InChI=1S/C22H22ClN5OS/c23-17-6-8-18(9-7-17)26-20(29)16-30-22-21(24-10-11-25-22)28-14-12-27(13-15-28)19-4-2-1-3-5-19/h1-11H,12-16H2,(H,26,29). The van der Waals surface area contributed by atoms with Crippen LogP contribution in [0.15, 0.2) is 72.0 Å². The molecule has 1 aromatic heterocycles. The number of aromatic nitrogens is 2. The fraction of sp³-hybridized carbons (Fsp3) is 0.227. The molecule has 2 heterocycles. The minimum absolute atomic E-state index is 0.0900. The van der Waals surface area contributed by atoms with Crippen LogP contribution >= 0.6 is 23.4 Å². The van der Waals surface area contributed by atoms with Crippen molar-refractivity contribution < 1.29 is 4.79 Å². The molecule has 0 saturated carbocycles. The molecule has 2 aromatic carbocycles. The van der Waals surface area contributed by atoms with Crippen LogP contribution in [-0.4, -0.2) is 47.8 Å². The van der Waals surface area contributed by atoms with E-state index in [2.05, 4.69) is 49.4 Å². The minimum Gasteiger partial charge on any atom is -0.368 e. The lowest BCUT2D eigenvalue weighted by molar-refractivity contribution is -0.113. The van der Waals surface area contributed by atoms with Gasteiger partial charge < -0.3 is 15.1 Å². The number of para-hydroxylation sites is 1. The van der Waals surface area contributed by atoms with Gasteiger partial charge in [0.2, 0.25) is 5.91 Å². The van der Waals surface area contributed by atoms with Gasteiger partial charge in [-0.2, -0.15) is 0 Å². The Labute approximate surface area is 185 Å². The van der Waals surface area contributed by atoms with Crippen molar-refractivity contribution in [2.45, 2.75) is 5.03 Å². The number of carbonyl (C=O) groups excluding carboxylic acids is 1. The van der Waals surface area contributed by atoms with Gasteiger partial charge in [-0.3, -0.25) is 4.79 Å². The Balaban J connectivity index is 1.35. The van der Waals surface area contributed by atoms with Crippen LogP contribution < -0.4 is 15.1 Å². The van der Waals surface area contributed by atoms with E-state index in [-0.39, 0.29) is 11.7 Å². The van der Waals surface area contributed by atoms with E-state index in [0.717, 1.165) is 42.7 Å². The number of thioether (sulfide) groups is 1. The van der Waals surface area contributed by atoms with Crippen LogP contribution in [0.4, 0.5) is 17.2 Å². The molecule has 1 N–H and O–H groups in total. The number of piperazine rings is 1. The van der Waals surface area contributed by atoms with Gasteiger partial charge in [0.05, 0.1) is 5.75 Å². The summed E-state index contributed by atoms with van der Waals surface area (Å²) < 4.78 is 0. The molecule has 30 heavy (non-hydrogen) atoms. The van der Waals surface area contributed by atoms with E-state index in [1.165, 1.54) is 17.4 Å². The quantitative estimate of drug-likeness (QED) is 0.581. The monoisotopic (exact) mass is 439 g/mol. The molecule has 3 aromatic rings. The number of nitrogens with one attached hydrogen (secondary N) is 1. The Bertz CT molecular complexity index is 978. The molecule has 0 bridgehead atoms. The topological polar surface area (TPSA) is 61.4 Å². The summed E-state index contributed by atoms with van der Waals surface area (Å²) >= 11 is 7.29. The summed E-state index contributed by atoms with van der Waals surface area (Å²) in [6.07, 6.45) is 3.37. The molecule has 0 spiro atoms. The van der Waals surface area contributed by atoms with E-state index in [1.807, 2.05) is 6.07 Å². The smallest absolute Gasteiger partial charge is 0.234 e. The Morgan fingerprint density at radius 1 is 0.933 bits per heavy atom. The van der Waals surface area contributed by atoms with Crippen LogP contribution in [-0.2, 0) is 4.79 Å². The highest BCUT2D eigenvalue weighted by Crippen LogP contribution is 2.27. The molecule has 0 atom stereocenters. The predicted molar refractivity (Wildman–Crippen MR) is 124 cm³/mol. The van der Waals surface area contributed by atoms with Gasteiger partial charge in [0.15, 0.2) is 5.82 Å². The van der Waals surface area contributed by atoms with Gasteiger partial charge in [0.1, 0.15) is 5.03 Å².